The average molecular weight is 318 g/mol. The number of methoxy groups -OCH3 is 2. The molecule has 1 fully saturated rings. The van der Waals surface area contributed by atoms with Crippen molar-refractivity contribution in [3.05, 3.63) is 12.1 Å². The van der Waals surface area contributed by atoms with Crippen molar-refractivity contribution in [2.45, 2.75) is 12.8 Å². The van der Waals surface area contributed by atoms with Crippen LogP contribution in [-0.2, 0) is 0 Å². The van der Waals surface area contributed by atoms with Gasteiger partial charge in [0.2, 0.25) is 5.95 Å². The van der Waals surface area contributed by atoms with E-state index in [2.05, 4.69) is 14.9 Å². The normalized spacial score (nSPS) is 18.2. The van der Waals surface area contributed by atoms with Crippen molar-refractivity contribution in [1.82, 2.24) is 9.97 Å². The van der Waals surface area contributed by atoms with Crippen LogP contribution in [0.4, 0.5) is 11.8 Å². The third-order valence-electron chi connectivity index (χ3n) is 4.28. The van der Waals surface area contributed by atoms with E-state index in [9.17, 15) is 5.11 Å². The lowest BCUT2D eigenvalue weighted by atomic mass is 9.99. The first-order valence-electron chi connectivity index (χ1n) is 7.71. The summed E-state index contributed by atoms with van der Waals surface area (Å²) in [6.45, 7) is 1.80. The van der Waals surface area contributed by atoms with Gasteiger partial charge in [-0.1, -0.05) is 0 Å². The molecule has 1 aromatic heterocycles. The first kappa shape index (κ1) is 15.6. The highest BCUT2D eigenvalue weighted by Gasteiger charge is 2.22. The lowest BCUT2D eigenvalue weighted by Gasteiger charge is -2.32. The summed E-state index contributed by atoms with van der Waals surface area (Å²) in [6, 6.07) is 3.60. The van der Waals surface area contributed by atoms with Gasteiger partial charge in [-0.25, -0.2) is 4.98 Å². The van der Waals surface area contributed by atoms with Gasteiger partial charge in [-0.3, -0.25) is 0 Å². The highest BCUT2D eigenvalue weighted by Crippen LogP contribution is 2.34. The zero-order chi connectivity index (χ0) is 16.4. The third kappa shape index (κ3) is 2.96. The van der Waals surface area contributed by atoms with Crippen molar-refractivity contribution >= 4 is 22.7 Å². The monoisotopic (exact) mass is 318 g/mol. The topological polar surface area (TPSA) is 93.7 Å². The summed E-state index contributed by atoms with van der Waals surface area (Å²) in [5, 5.41) is 10.1. The molecule has 0 aliphatic carbocycles. The first-order chi connectivity index (χ1) is 11.2. The Labute approximate surface area is 135 Å². The highest BCUT2D eigenvalue weighted by atomic mass is 16.5. The quantitative estimate of drug-likeness (QED) is 0.881. The van der Waals surface area contributed by atoms with E-state index in [0.717, 1.165) is 36.8 Å². The molecule has 1 unspecified atom stereocenters. The molecule has 1 aliphatic heterocycles. The fourth-order valence-electron chi connectivity index (χ4n) is 3.00. The van der Waals surface area contributed by atoms with E-state index in [1.807, 2.05) is 6.07 Å². The molecule has 0 amide bonds. The molecule has 1 aromatic carbocycles. The molecule has 1 atom stereocenters. The molecule has 3 N–H and O–H groups in total. The number of nitrogens with two attached hydrogens (primary N) is 1. The minimum Gasteiger partial charge on any atom is -0.493 e. The van der Waals surface area contributed by atoms with Crippen molar-refractivity contribution in [1.29, 1.82) is 0 Å². The second-order valence-electron chi connectivity index (χ2n) is 5.77. The molecule has 3 rings (SSSR count). The summed E-state index contributed by atoms with van der Waals surface area (Å²) < 4.78 is 10.6. The van der Waals surface area contributed by atoms with Crippen LogP contribution in [0.2, 0.25) is 0 Å². The molecule has 1 aliphatic rings. The number of hydrogen-bond donors (Lipinski definition) is 2. The maximum atomic E-state index is 9.39. The van der Waals surface area contributed by atoms with E-state index in [1.54, 1.807) is 20.3 Å². The molecule has 23 heavy (non-hydrogen) atoms. The summed E-state index contributed by atoms with van der Waals surface area (Å²) in [4.78, 5) is 11.1. The number of ether oxygens (including phenoxy) is 2. The summed E-state index contributed by atoms with van der Waals surface area (Å²) in [5.74, 6) is 2.48. The number of benzene rings is 1. The third-order valence-corrected chi connectivity index (χ3v) is 4.28. The zero-order valence-electron chi connectivity index (χ0n) is 13.5. The number of piperidine rings is 1. The van der Waals surface area contributed by atoms with Gasteiger partial charge in [0.25, 0.3) is 0 Å². The number of rotatable bonds is 4. The van der Waals surface area contributed by atoms with E-state index in [0.29, 0.717) is 23.3 Å². The van der Waals surface area contributed by atoms with Crippen molar-refractivity contribution in [3.63, 3.8) is 0 Å². The number of aliphatic hydroxyl groups excluding tert-OH is 1. The van der Waals surface area contributed by atoms with Crippen LogP contribution in [-0.4, -0.2) is 49.0 Å². The molecule has 0 saturated carbocycles. The molecule has 1 saturated heterocycles. The Morgan fingerprint density at radius 1 is 1.26 bits per heavy atom. The summed E-state index contributed by atoms with van der Waals surface area (Å²) >= 11 is 0. The van der Waals surface area contributed by atoms with Gasteiger partial charge >= 0.3 is 0 Å². The number of anilines is 2. The molecule has 0 spiro atoms. The number of nitrogens with zero attached hydrogens (tertiary/aromatic N) is 3. The van der Waals surface area contributed by atoms with E-state index in [4.69, 9.17) is 15.2 Å². The van der Waals surface area contributed by atoms with E-state index >= 15 is 0 Å². The number of hydrogen-bond acceptors (Lipinski definition) is 7. The Morgan fingerprint density at radius 2 is 2.00 bits per heavy atom. The molecule has 2 aromatic rings. The Kier molecular flexibility index (Phi) is 4.38. The first-order valence-corrected chi connectivity index (χ1v) is 7.71. The van der Waals surface area contributed by atoms with Crippen LogP contribution in [0, 0.1) is 5.92 Å². The minimum absolute atomic E-state index is 0.185. The van der Waals surface area contributed by atoms with E-state index < -0.39 is 0 Å². The smallest absolute Gasteiger partial charge is 0.227 e. The minimum atomic E-state index is 0.185. The van der Waals surface area contributed by atoms with Crippen molar-refractivity contribution in [2.75, 3.05) is 44.5 Å². The summed E-state index contributed by atoms with van der Waals surface area (Å²) in [5.41, 5.74) is 6.84. The molecule has 0 radical (unpaired) electrons. The lowest BCUT2D eigenvalue weighted by Crippen LogP contribution is -2.37. The van der Waals surface area contributed by atoms with Crippen molar-refractivity contribution in [3.8, 4) is 11.5 Å². The van der Waals surface area contributed by atoms with Crippen LogP contribution in [0.1, 0.15) is 12.8 Å². The molecule has 0 bridgehead atoms. The molecule has 7 heteroatoms. The van der Waals surface area contributed by atoms with E-state index in [1.165, 1.54) is 0 Å². The van der Waals surface area contributed by atoms with Crippen molar-refractivity contribution < 1.29 is 14.6 Å². The Morgan fingerprint density at radius 3 is 2.70 bits per heavy atom. The van der Waals surface area contributed by atoms with Gasteiger partial charge in [0.15, 0.2) is 11.5 Å². The highest BCUT2D eigenvalue weighted by molar-refractivity contribution is 5.91. The van der Waals surface area contributed by atoms with Gasteiger partial charge in [-0.15, -0.1) is 0 Å². The van der Waals surface area contributed by atoms with Crippen LogP contribution >= 0.6 is 0 Å². The van der Waals surface area contributed by atoms with Crippen LogP contribution < -0.4 is 20.1 Å². The van der Waals surface area contributed by atoms with Gasteiger partial charge in [0.05, 0.1) is 19.7 Å². The van der Waals surface area contributed by atoms with Gasteiger partial charge in [0, 0.05) is 31.1 Å². The predicted octanol–water partition coefficient (Wildman–Crippen LogP) is 1.44. The van der Waals surface area contributed by atoms with Gasteiger partial charge in [0.1, 0.15) is 5.82 Å². The van der Waals surface area contributed by atoms with Crippen LogP contribution in [0.5, 0.6) is 11.5 Å². The second-order valence-corrected chi connectivity index (χ2v) is 5.77. The second kappa shape index (κ2) is 6.45. The summed E-state index contributed by atoms with van der Waals surface area (Å²) in [7, 11) is 3.17. The Bertz CT molecular complexity index is 707. The van der Waals surface area contributed by atoms with Crippen molar-refractivity contribution in [2.24, 2.45) is 5.92 Å². The Hall–Kier alpha value is -2.28. The van der Waals surface area contributed by atoms with E-state index in [-0.39, 0.29) is 12.5 Å². The molecule has 7 nitrogen and oxygen atoms in total. The predicted molar refractivity (Wildman–Crippen MR) is 89.1 cm³/mol. The summed E-state index contributed by atoms with van der Waals surface area (Å²) in [6.07, 6.45) is 2.04. The fraction of sp³-hybridized carbons (Fsp3) is 0.500. The molecular weight excluding hydrogens is 296 g/mol. The van der Waals surface area contributed by atoms with Gasteiger partial charge in [-0.05, 0) is 24.8 Å². The van der Waals surface area contributed by atoms with Crippen LogP contribution in [0.15, 0.2) is 12.1 Å². The lowest BCUT2D eigenvalue weighted by molar-refractivity contribution is 0.208. The van der Waals surface area contributed by atoms with Gasteiger partial charge < -0.3 is 25.2 Å². The zero-order valence-corrected chi connectivity index (χ0v) is 13.5. The molecule has 124 valence electrons. The number of aliphatic hydroxyl groups is 1. The van der Waals surface area contributed by atoms with Gasteiger partial charge in [-0.2, -0.15) is 4.98 Å². The number of fused-ring (bicyclic) bond motifs is 1. The average Bonchev–Trinajstić information content (AvgIpc) is 2.60. The SMILES string of the molecule is COc1cc2nc(N3CCCC(CO)C3)nc(N)c2cc1OC. The molecular formula is C16H22N4O3. The largest absolute Gasteiger partial charge is 0.493 e. The molecule has 2 heterocycles. The van der Waals surface area contributed by atoms with Crippen LogP contribution in [0.25, 0.3) is 10.9 Å². The van der Waals surface area contributed by atoms with Crippen LogP contribution in [0.3, 0.4) is 0 Å². The maximum Gasteiger partial charge on any atom is 0.227 e. The number of nitrogen functional groups attached to an aromatic ring is 1. The Balaban J connectivity index is 2.03. The standard InChI is InChI=1S/C16H22N4O3/c1-22-13-6-11-12(7-14(13)23-2)18-16(19-15(11)17)20-5-3-4-10(8-20)9-21/h6-7,10,21H,3-5,8-9H2,1-2H3,(H2,17,18,19). The fourth-order valence-corrected chi connectivity index (χ4v) is 3.00. The maximum absolute atomic E-state index is 9.39. The number of aromatic nitrogens is 2.